The number of nitrogens with zero attached hydrogens (tertiary/aromatic N) is 3. The molecule has 5 heteroatoms. The van der Waals surface area contributed by atoms with E-state index in [0.29, 0.717) is 18.1 Å². The molecule has 0 aromatic heterocycles. The first-order chi connectivity index (χ1) is 13.7. The summed E-state index contributed by atoms with van der Waals surface area (Å²) in [6.07, 6.45) is 6.23. The summed E-state index contributed by atoms with van der Waals surface area (Å²) in [7, 11) is 1.89. The molecular weight excluding hydrogens is 346 g/mol. The van der Waals surface area contributed by atoms with Gasteiger partial charge < -0.3 is 10.6 Å². The van der Waals surface area contributed by atoms with Gasteiger partial charge in [0.25, 0.3) is 0 Å². The third kappa shape index (κ3) is 5.95. The Hall–Kier alpha value is -1.59. The van der Waals surface area contributed by atoms with Crippen molar-refractivity contribution in [1.29, 1.82) is 0 Å². The minimum absolute atomic E-state index is 0.500. The molecule has 2 aliphatic heterocycles. The third-order valence-corrected chi connectivity index (χ3v) is 6.44. The first-order valence-corrected chi connectivity index (χ1v) is 11.2. The SMILES string of the molecule is CCC(CNC(=NC)NC1CCN(Cc2ccccc2)C(C)C1)N1CCCC1. The lowest BCUT2D eigenvalue weighted by Crippen LogP contribution is -2.53. The number of hydrogen-bond donors (Lipinski definition) is 2. The summed E-state index contributed by atoms with van der Waals surface area (Å²) >= 11 is 0. The van der Waals surface area contributed by atoms with E-state index < -0.39 is 0 Å². The van der Waals surface area contributed by atoms with E-state index in [1.807, 2.05) is 7.05 Å². The van der Waals surface area contributed by atoms with Gasteiger partial charge in [0, 0.05) is 44.8 Å². The fourth-order valence-electron chi connectivity index (χ4n) is 4.65. The number of benzene rings is 1. The van der Waals surface area contributed by atoms with Gasteiger partial charge in [0.15, 0.2) is 5.96 Å². The van der Waals surface area contributed by atoms with Crippen molar-refractivity contribution in [3.05, 3.63) is 35.9 Å². The Bertz CT molecular complexity index is 596. The summed E-state index contributed by atoms with van der Waals surface area (Å²) in [5, 5.41) is 7.28. The molecule has 0 bridgehead atoms. The molecule has 3 rings (SSSR count). The van der Waals surface area contributed by atoms with E-state index in [9.17, 15) is 0 Å². The first kappa shape index (κ1) is 21.1. The van der Waals surface area contributed by atoms with Crippen molar-refractivity contribution in [1.82, 2.24) is 20.4 Å². The van der Waals surface area contributed by atoms with Crippen LogP contribution < -0.4 is 10.6 Å². The number of likely N-dealkylation sites (tertiary alicyclic amines) is 2. The van der Waals surface area contributed by atoms with E-state index in [1.165, 1.54) is 44.3 Å². The van der Waals surface area contributed by atoms with Crippen LogP contribution in [0.1, 0.15) is 51.5 Å². The van der Waals surface area contributed by atoms with E-state index >= 15 is 0 Å². The van der Waals surface area contributed by atoms with Crippen LogP contribution in [0.4, 0.5) is 0 Å². The topological polar surface area (TPSA) is 42.9 Å². The summed E-state index contributed by atoms with van der Waals surface area (Å²) in [5.41, 5.74) is 1.41. The van der Waals surface area contributed by atoms with Gasteiger partial charge >= 0.3 is 0 Å². The Labute approximate surface area is 171 Å². The van der Waals surface area contributed by atoms with Crippen LogP contribution >= 0.6 is 0 Å². The van der Waals surface area contributed by atoms with Crippen molar-refractivity contribution < 1.29 is 0 Å². The van der Waals surface area contributed by atoms with Crippen LogP contribution in [0.3, 0.4) is 0 Å². The van der Waals surface area contributed by atoms with Crippen LogP contribution in [0, 0.1) is 0 Å². The van der Waals surface area contributed by atoms with Crippen molar-refractivity contribution in [2.75, 3.05) is 33.2 Å². The zero-order valence-corrected chi connectivity index (χ0v) is 18.0. The Morgan fingerprint density at radius 2 is 1.93 bits per heavy atom. The monoisotopic (exact) mass is 385 g/mol. The molecule has 3 atom stereocenters. The molecule has 2 aliphatic rings. The van der Waals surface area contributed by atoms with Crippen LogP contribution in [0.25, 0.3) is 0 Å². The Morgan fingerprint density at radius 1 is 1.18 bits per heavy atom. The van der Waals surface area contributed by atoms with Crippen LogP contribution in [0.15, 0.2) is 35.3 Å². The molecule has 2 saturated heterocycles. The van der Waals surface area contributed by atoms with E-state index in [1.54, 1.807) is 0 Å². The van der Waals surface area contributed by atoms with E-state index in [2.05, 4.69) is 69.6 Å². The van der Waals surface area contributed by atoms with Gasteiger partial charge in [-0.3, -0.25) is 14.8 Å². The number of aliphatic imine (C=N–C) groups is 1. The van der Waals surface area contributed by atoms with E-state index in [4.69, 9.17) is 0 Å². The molecule has 0 aliphatic carbocycles. The highest BCUT2D eigenvalue weighted by Crippen LogP contribution is 2.20. The predicted octanol–water partition coefficient (Wildman–Crippen LogP) is 3.08. The second-order valence-corrected chi connectivity index (χ2v) is 8.43. The van der Waals surface area contributed by atoms with Gasteiger partial charge in [-0.1, -0.05) is 37.3 Å². The average molecular weight is 386 g/mol. The maximum Gasteiger partial charge on any atom is 0.191 e. The summed E-state index contributed by atoms with van der Waals surface area (Å²) in [4.78, 5) is 9.72. The fraction of sp³-hybridized carbons (Fsp3) is 0.696. The Morgan fingerprint density at radius 3 is 2.57 bits per heavy atom. The van der Waals surface area contributed by atoms with Crippen molar-refractivity contribution in [3.63, 3.8) is 0 Å². The highest BCUT2D eigenvalue weighted by molar-refractivity contribution is 5.80. The summed E-state index contributed by atoms with van der Waals surface area (Å²) in [5.74, 6) is 0.964. The smallest absolute Gasteiger partial charge is 0.191 e. The van der Waals surface area contributed by atoms with Gasteiger partial charge in [-0.25, -0.2) is 0 Å². The van der Waals surface area contributed by atoms with Gasteiger partial charge in [-0.2, -0.15) is 0 Å². The average Bonchev–Trinajstić information content (AvgIpc) is 3.25. The van der Waals surface area contributed by atoms with Gasteiger partial charge in [0.1, 0.15) is 0 Å². The summed E-state index contributed by atoms with van der Waals surface area (Å²) in [6, 6.07) is 12.5. The maximum absolute atomic E-state index is 4.49. The quantitative estimate of drug-likeness (QED) is 0.559. The molecular formula is C23H39N5. The molecule has 3 unspecified atom stereocenters. The molecule has 0 saturated carbocycles. The molecule has 5 nitrogen and oxygen atoms in total. The van der Waals surface area contributed by atoms with Crippen molar-refractivity contribution in [2.24, 2.45) is 4.99 Å². The molecule has 2 N–H and O–H groups in total. The Balaban J connectivity index is 1.44. The van der Waals surface area contributed by atoms with Gasteiger partial charge in [-0.05, 0) is 57.7 Å². The second-order valence-electron chi connectivity index (χ2n) is 8.43. The molecule has 28 heavy (non-hydrogen) atoms. The first-order valence-electron chi connectivity index (χ1n) is 11.2. The molecule has 0 radical (unpaired) electrons. The third-order valence-electron chi connectivity index (χ3n) is 6.44. The number of nitrogens with one attached hydrogen (secondary N) is 2. The standard InChI is InChI=1S/C23H39N5/c1-4-22(27-13-8-9-14-27)17-25-23(24-3)26-21-12-15-28(19(2)16-21)18-20-10-6-5-7-11-20/h5-7,10-11,19,21-22H,4,8-9,12-18H2,1-3H3,(H2,24,25,26). The second kappa shape index (κ2) is 10.8. The zero-order valence-electron chi connectivity index (χ0n) is 18.0. The molecule has 2 fully saturated rings. The van der Waals surface area contributed by atoms with Gasteiger partial charge in [-0.15, -0.1) is 0 Å². The normalized spacial score (nSPS) is 25.6. The Kier molecular flexibility index (Phi) is 8.16. The van der Waals surface area contributed by atoms with Crippen molar-refractivity contribution >= 4 is 5.96 Å². The van der Waals surface area contributed by atoms with E-state index in [-0.39, 0.29) is 0 Å². The van der Waals surface area contributed by atoms with Crippen LogP contribution in [-0.4, -0.2) is 67.1 Å². The predicted molar refractivity (Wildman–Crippen MR) is 119 cm³/mol. The molecule has 2 heterocycles. The maximum atomic E-state index is 4.49. The van der Waals surface area contributed by atoms with Gasteiger partial charge in [0.2, 0.25) is 0 Å². The molecule has 0 amide bonds. The highest BCUT2D eigenvalue weighted by Gasteiger charge is 2.26. The molecule has 0 spiro atoms. The molecule has 156 valence electrons. The number of rotatable bonds is 7. The lowest BCUT2D eigenvalue weighted by Gasteiger charge is -2.38. The van der Waals surface area contributed by atoms with Crippen molar-refractivity contribution in [2.45, 2.75) is 70.6 Å². The summed E-state index contributed by atoms with van der Waals surface area (Å²) in [6.45, 7) is 10.3. The van der Waals surface area contributed by atoms with E-state index in [0.717, 1.165) is 32.0 Å². The number of guanidine groups is 1. The zero-order chi connectivity index (χ0) is 19.8. The number of hydrogen-bond acceptors (Lipinski definition) is 3. The van der Waals surface area contributed by atoms with Crippen molar-refractivity contribution in [3.8, 4) is 0 Å². The largest absolute Gasteiger partial charge is 0.355 e. The minimum atomic E-state index is 0.500. The lowest BCUT2D eigenvalue weighted by atomic mass is 9.97. The van der Waals surface area contributed by atoms with Crippen LogP contribution in [0.5, 0.6) is 0 Å². The fourth-order valence-corrected chi connectivity index (χ4v) is 4.65. The molecule has 1 aromatic carbocycles. The van der Waals surface area contributed by atoms with Gasteiger partial charge in [0.05, 0.1) is 0 Å². The van der Waals surface area contributed by atoms with Crippen LogP contribution in [0.2, 0.25) is 0 Å². The summed E-state index contributed by atoms with van der Waals surface area (Å²) < 4.78 is 0. The van der Waals surface area contributed by atoms with Crippen LogP contribution in [-0.2, 0) is 6.54 Å². The molecule has 1 aromatic rings. The lowest BCUT2D eigenvalue weighted by molar-refractivity contribution is 0.134. The number of piperidine rings is 1. The minimum Gasteiger partial charge on any atom is -0.355 e. The highest BCUT2D eigenvalue weighted by atomic mass is 15.2.